The molecule has 0 heterocycles. The minimum absolute atomic E-state index is 1.13. The summed E-state index contributed by atoms with van der Waals surface area (Å²) in [5.74, 6) is 0. The van der Waals surface area contributed by atoms with Gasteiger partial charge >= 0.3 is 0 Å². The van der Waals surface area contributed by atoms with Crippen LogP contribution in [0.5, 0.6) is 0 Å². The smallest absolute Gasteiger partial charge is 0.0464 e. The standard InChI is InChI=1S/C50H44N2/c1-37-15-29-49(35-39(37)3)51(45-11-7-5-8-12-45)47-31-25-43(26-32-47)23-21-41-17-19-42(20-18-41)22-24-44-27-33-48(34-28-44)52(46-13-9-6-10-14-46)50-30-16-38(2)40(4)36-50/h5-36H,1-4H3. The highest BCUT2D eigenvalue weighted by atomic mass is 15.1. The third kappa shape index (κ3) is 7.98. The van der Waals surface area contributed by atoms with Crippen molar-refractivity contribution < 1.29 is 0 Å². The number of benzene rings is 7. The highest BCUT2D eigenvalue weighted by Crippen LogP contribution is 2.37. The Balaban J connectivity index is 1.03. The number of para-hydroxylation sites is 2. The van der Waals surface area contributed by atoms with Crippen LogP contribution >= 0.6 is 0 Å². The fourth-order valence-electron chi connectivity index (χ4n) is 6.35. The number of hydrogen-bond acceptors (Lipinski definition) is 2. The van der Waals surface area contributed by atoms with E-state index in [2.05, 4.69) is 232 Å². The van der Waals surface area contributed by atoms with E-state index in [0.717, 1.165) is 45.3 Å². The van der Waals surface area contributed by atoms with Gasteiger partial charge in [0.25, 0.3) is 0 Å². The molecule has 7 rings (SSSR count). The molecule has 0 amide bonds. The van der Waals surface area contributed by atoms with E-state index in [4.69, 9.17) is 0 Å². The molecule has 0 radical (unpaired) electrons. The van der Waals surface area contributed by atoms with Crippen LogP contribution in [0.25, 0.3) is 24.3 Å². The van der Waals surface area contributed by atoms with Crippen LogP contribution in [-0.4, -0.2) is 0 Å². The van der Waals surface area contributed by atoms with Crippen LogP contribution in [0.15, 0.2) is 170 Å². The lowest BCUT2D eigenvalue weighted by molar-refractivity contribution is 1.25. The van der Waals surface area contributed by atoms with Gasteiger partial charge in [-0.2, -0.15) is 0 Å². The summed E-state index contributed by atoms with van der Waals surface area (Å²) < 4.78 is 0. The molecule has 0 unspecified atom stereocenters. The Kier molecular flexibility index (Phi) is 10.3. The summed E-state index contributed by atoms with van der Waals surface area (Å²) in [5, 5.41) is 0. The molecule has 0 N–H and O–H groups in total. The maximum absolute atomic E-state index is 2.31. The van der Waals surface area contributed by atoms with Gasteiger partial charge in [0.05, 0.1) is 0 Å². The Morgan fingerprint density at radius 2 is 0.538 bits per heavy atom. The molecule has 2 heteroatoms. The van der Waals surface area contributed by atoms with Gasteiger partial charge in [-0.3, -0.25) is 0 Å². The van der Waals surface area contributed by atoms with E-state index in [1.165, 1.54) is 33.4 Å². The molecule has 0 aliphatic rings. The molecule has 0 bridgehead atoms. The maximum atomic E-state index is 2.31. The summed E-state index contributed by atoms with van der Waals surface area (Å²) in [6.07, 6.45) is 8.70. The molecule has 7 aromatic carbocycles. The Hall–Kier alpha value is -6.38. The molecule has 2 nitrogen and oxygen atoms in total. The molecule has 0 aromatic heterocycles. The fourth-order valence-corrected chi connectivity index (χ4v) is 6.35. The lowest BCUT2D eigenvalue weighted by atomic mass is 10.1. The van der Waals surface area contributed by atoms with Crippen molar-refractivity contribution in [1.29, 1.82) is 0 Å². The van der Waals surface area contributed by atoms with E-state index < -0.39 is 0 Å². The zero-order valence-electron chi connectivity index (χ0n) is 30.4. The number of aryl methyl sites for hydroxylation is 4. The van der Waals surface area contributed by atoms with Crippen molar-refractivity contribution in [3.05, 3.63) is 214 Å². The van der Waals surface area contributed by atoms with Crippen molar-refractivity contribution in [1.82, 2.24) is 0 Å². The van der Waals surface area contributed by atoms with Crippen molar-refractivity contribution in [2.45, 2.75) is 27.7 Å². The van der Waals surface area contributed by atoms with Crippen molar-refractivity contribution in [3.8, 4) is 0 Å². The zero-order valence-corrected chi connectivity index (χ0v) is 30.4. The molecular weight excluding hydrogens is 629 g/mol. The molecule has 254 valence electrons. The third-order valence-corrected chi connectivity index (χ3v) is 9.70. The van der Waals surface area contributed by atoms with Crippen molar-refractivity contribution >= 4 is 58.4 Å². The molecule has 0 saturated carbocycles. The normalized spacial score (nSPS) is 11.3. The van der Waals surface area contributed by atoms with Crippen LogP contribution in [0.4, 0.5) is 34.1 Å². The predicted molar refractivity (Wildman–Crippen MR) is 225 cm³/mol. The van der Waals surface area contributed by atoms with Gasteiger partial charge < -0.3 is 9.80 Å². The third-order valence-electron chi connectivity index (χ3n) is 9.70. The fraction of sp³-hybridized carbons (Fsp3) is 0.0800. The van der Waals surface area contributed by atoms with E-state index >= 15 is 0 Å². The van der Waals surface area contributed by atoms with Crippen molar-refractivity contribution in [2.75, 3.05) is 9.80 Å². The predicted octanol–water partition coefficient (Wildman–Crippen LogP) is 14.2. The van der Waals surface area contributed by atoms with Gasteiger partial charge in [0.1, 0.15) is 0 Å². The molecule has 0 atom stereocenters. The molecule has 0 saturated heterocycles. The minimum Gasteiger partial charge on any atom is -0.310 e. The average molecular weight is 673 g/mol. The van der Waals surface area contributed by atoms with E-state index in [1.807, 2.05) is 0 Å². The van der Waals surface area contributed by atoms with Gasteiger partial charge in [0.15, 0.2) is 0 Å². The summed E-state index contributed by atoms with van der Waals surface area (Å²) in [6.45, 7) is 8.66. The topological polar surface area (TPSA) is 6.48 Å². The van der Waals surface area contributed by atoms with E-state index in [1.54, 1.807) is 0 Å². The Bertz CT molecular complexity index is 2130. The summed E-state index contributed by atoms with van der Waals surface area (Å²) in [5.41, 5.74) is 16.7. The second-order valence-corrected chi connectivity index (χ2v) is 13.4. The highest BCUT2D eigenvalue weighted by Gasteiger charge is 2.14. The number of hydrogen-bond donors (Lipinski definition) is 0. The van der Waals surface area contributed by atoms with Gasteiger partial charge in [-0.25, -0.2) is 0 Å². The largest absolute Gasteiger partial charge is 0.310 e. The number of rotatable bonds is 10. The lowest BCUT2D eigenvalue weighted by Gasteiger charge is -2.26. The molecule has 7 aromatic rings. The monoisotopic (exact) mass is 672 g/mol. The van der Waals surface area contributed by atoms with Crippen molar-refractivity contribution in [3.63, 3.8) is 0 Å². The summed E-state index contributed by atoms with van der Waals surface area (Å²) in [7, 11) is 0. The van der Waals surface area contributed by atoms with E-state index in [0.29, 0.717) is 0 Å². The Labute approximate surface area is 309 Å². The Morgan fingerprint density at radius 1 is 0.269 bits per heavy atom. The SMILES string of the molecule is Cc1ccc(N(c2ccccc2)c2ccc(C=Cc3ccc(C=Cc4ccc(N(c5ccccc5)c5ccc(C)c(C)c5)cc4)cc3)cc2)cc1C. The van der Waals surface area contributed by atoms with E-state index in [-0.39, 0.29) is 0 Å². The zero-order chi connectivity index (χ0) is 35.9. The first kappa shape index (κ1) is 34.1. The van der Waals surface area contributed by atoms with Crippen LogP contribution < -0.4 is 9.80 Å². The van der Waals surface area contributed by atoms with Crippen LogP contribution in [0.1, 0.15) is 44.5 Å². The number of nitrogens with zero attached hydrogens (tertiary/aromatic N) is 2. The second kappa shape index (κ2) is 15.7. The van der Waals surface area contributed by atoms with Crippen LogP contribution in [0, 0.1) is 27.7 Å². The van der Waals surface area contributed by atoms with Gasteiger partial charge in [-0.15, -0.1) is 0 Å². The summed E-state index contributed by atoms with van der Waals surface area (Å²) >= 11 is 0. The van der Waals surface area contributed by atoms with Gasteiger partial charge in [0.2, 0.25) is 0 Å². The van der Waals surface area contributed by atoms with Gasteiger partial charge in [-0.05, 0) is 145 Å². The van der Waals surface area contributed by atoms with Gasteiger partial charge in [-0.1, -0.05) is 121 Å². The van der Waals surface area contributed by atoms with Crippen molar-refractivity contribution in [2.24, 2.45) is 0 Å². The lowest BCUT2D eigenvalue weighted by Crippen LogP contribution is -2.10. The summed E-state index contributed by atoms with van der Waals surface area (Å²) in [4.78, 5) is 4.62. The van der Waals surface area contributed by atoms with Crippen LogP contribution in [0.3, 0.4) is 0 Å². The minimum atomic E-state index is 1.13. The number of anilines is 6. The molecule has 52 heavy (non-hydrogen) atoms. The van der Waals surface area contributed by atoms with E-state index in [9.17, 15) is 0 Å². The molecule has 0 aliphatic heterocycles. The second-order valence-electron chi connectivity index (χ2n) is 13.4. The first-order valence-electron chi connectivity index (χ1n) is 17.9. The quantitative estimate of drug-likeness (QED) is 0.133. The molecule has 0 aliphatic carbocycles. The van der Waals surface area contributed by atoms with Crippen LogP contribution in [-0.2, 0) is 0 Å². The van der Waals surface area contributed by atoms with Crippen LogP contribution in [0.2, 0.25) is 0 Å². The maximum Gasteiger partial charge on any atom is 0.0464 e. The average Bonchev–Trinajstić information content (AvgIpc) is 3.18. The molecule has 0 spiro atoms. The first-order chi connectivity index (χ1) is 25.4. The first-order valence-corrected chi connectivity index (χ1v) is 17.9. The molecular formula is C50H44N2. The molecule has 0 fully saturated rings. The highest BCUT2D eigenvalue weighted by molar-refractivity contribution is 5.80. The Morgan fingerprint density at radius 3 is 0.846 bits per heavy atom. The summed E-state index contributed by atoms with van der Waals surface area (Å²) in [6, 6.07) is 60.7. The van der Waals surface area contributed by atoms with Gasteiger partial charge in [0, 0.05) is 34.1 Å².